The highest BCUT2D eigenvalue weighted by atomic mass is 35.5. The first-order chi connectivity index (χ1) is 8.47. The summed E-state index contributed by atoms with van der Waals surface area (Å²) in [5.41, 5.74) is 6.30. The molecule has 5 nitrogen and oxygen atoms in total. The molecule has 1 aromatic carbocycles. The number of nitrogens with two attached hydrogens (primary N) is 1. The van der Waals surface area contributed by atoms with Crippen LogP contribution in [-0.2, 0) is 10.0 Å². The Labute approximate surface area is 110 Å². The molecular formula is C11H10ClN3O2S. The number of benzene rings is 1. The van der Waals surface area contributed by atoms with Crippen molar-refractivity contribution in [3.63, 3.8) is 0 Å². The number of hydrogen-bond donors (Lipinski definition) is 2. The van der Waals surface area contributed by atoms with Crippen LogP contribution >= 0.6 is 11.6 Å². The molecule has 0 fully saturated rings. The van der Waals surface area contributed by atoms with Crippen molar-refractivity contribution in [2.24, 2.45) is 0 Å². The average Bonchev–Trinajstić information content (AvgIpc) is 2.29. The zero-order valence-electron chi connectivity index (χ0n) is 9.17. The lowest BCUT2D eigenvalue weighted by molar-refractivity contribution is 0.601. The molecule has 2 aromatic rings. The Morgan fingerprint density at radius 2 is 1.83 bits per heavy atom. The molecule has 0 saturated heterocycles. The van der Waals surface area contributed by atoms with Crippen molar-refractivity contribution in [1.29, 1.82) is 0 Å². The van der Waals surface area contributed by atoms with E-state index in [-0.39, 0.29) is 4.90 Å². The Balaban J connectivity index is 2.30. The molecule has 18 heavy (non-hydrogen) atoms. The number of pyridine rings is 1. The predicted molar refractivity (Wildman–Crippen MR) is 70.9 cm³/mol. The number of nitrogen functional groups attached to an aromatic ring is 1. The van der Waals surface area contributed by atoms with Crippen molar-refractivity contribution in [3.8, 4) is 0 Å². The second-order valence-electron chi connectivity index (χ2n) is 3.57. The minimum absolute atomic E-state index is 0.122. The zero-order chi connectivity index (χ0) is 13.2. The van der Waals surface area contributed by atoms with Crippen molar-refractivity contribution in [3.05, 3.63) is 47.7 Å². The monoisotopic (exact) mass is 283 g/mol. The second-order valence-corrected chi connectivity index (χ2v) is 5.69. The molecule has 0 radical (unpaired) electrons. The molecule has 2 rings (SSSR count). The number of halogens is 1. The van der Waals surface area contributed by atoms with Crippen LogP contribution in [0.15, 0.2) is 47.6 Å². The van der Waals surface area contributed by atoms with E-state index in [0.717, 1.165) is 0 Å². The van der Waals surface area contributed by atoms with Crippen LogP contribution in [0.4, 0.5) is 11.4 Å². The summed E-state index contributed by atoms with van der Waals surface area (Å²) < 4.78 is 26.4. The zero-order valence-corrected chi connectivity index (χ0v) is 10.7. The summed E-state index contributed by atoms with van der Waals surface area (Å²) in [6.07, 6.45) is 2.79. The fourth-order valence-corrected chi connectivity index (χ4v) is 2.54. The van der Waals surface area contributed by atoms with Crippen molar-refractivity contribution >= 4 is 33.0 Å². The van der Waals surface area contributed by atoms with E-state index >= 15 is 0 Å². The minimum atomic E-state index is -3.65. The minimum Gasteiger partial charge on any atom is -0.399 e. The molecular weight excluding hydrogens is 274 g/mol. The lowest BCUT2D eigenvalue weighted by Gasteiger charge is -2.07. The van der Waals surface area contributed by atoms with E-state index in [2.05, 4.69) is 9.71 Å². The highest BCUT2D eigenvalue weighted by Gasteiger charge is 2.13. The van der Waals surface area contributed by atoms with E-state index in [4.69, 9.17) is 17.3 Å². The van der Waals surface area contributed by atoms with Gasteiger partial charge in [0.15, 0.2) is 0 Å². The van der Waals surface area contributed by atoms with Crippen LogP contribution in [0.1, 0.15) is 0 Å². The first-order valence-corrected chi connectivity index (χ1v) is 6.82. The van der Waals surface area contributed by atoms with Crippen molar-refractivity contribution < 1.29 is 8.42 Å². The first kappa shape index (κ1) is 12.7. The Kier molecular flexibility index (Phi) is 3.40. The maximum Gasteiger partial charge on any atom is 0.261 e. The second kappa shape index (κ2) is 4.83. The van der Waals surface area contributed by atoms with Gasteiger partial charge < -0.3 is 5.73 Å². The fraction of sp³-hybridized carbons (Fsp3) is 0. The van der Waals surface area contributed by atoms with Gasteiger partial charge in [0, 0.05) is 11.9 Å². The van der Waals surface area contributed by atoms with E-state index in [9.17, 15) is 8.42 Å². The summed E-state index contributed by atoms with van der Waals surface area (Å²) in [6.45, 7) is 0. The van der Waals surface area contributed by atoms with Gasteiger partial charge in [0.05, 0.1) is 21.8 Å². The van der Waals surface area contributed by atoms with E-state index in [1.165, 1.54) is 42.7 Å². The van der Waals surface area contributed by atoms with Gasteiger partial charge in [0.25, 0.3) is 10.0 Å². The van der Waals surface area contributed by atoms with Gasteiger partial charge >= 0.3 is 0 Å². The molecule has 0 aliphatic rings. The van der Waals surface area contributed by atoms with Crippen LogP contribution in [-0.4, -0.2) is 13.4 Å². The summed E-state index contributed by atoms with van der Waals surface area (Å²) in [6, 6.07) is 7.37. The Morgan fingerprint density at radius 1 is 1.17 bits per heavy atom. The molecule has 1 heterocycles. The van der Waals surface area contributed by atoms with Gasteiger partial charge in [-0.25, -0.2) is 8.42 Å². The molecule has 1 aromatic heterocycles. The number of nitrogens with zero attached hydrogens (tertiary/aromatic N) is 1. The third kappa shape index (κ3) is 2.91. The molecule has 0 aliphatic heterocycles. The molecule has 94 valence electrons. The van der Waals surface area contributed by atoms with Gasteiger partial charge in [-0.15, -0.1) is 0 Å². The highest BCUT2D eigenvalue weighted by molar-refractivity contribution is 7.92. The van der Waals surface area contributed by atoms with Crippen LogP contribution in [0.3, 0.4) is 0 Å². The lowest BCUT2D eigenvalue weighted by atomic mass is 10.3. The van der Waals surface area contributed by atoms with E-state index in [0.29, 0.717) is 16.4 Å². The Hall–Kier alpha value is -1.79. The number of anilines is 2. The summed E-state index contributed by atoms with van der Waals surface area (Å²) >= 11 is 5.73. The molecule has 0 bridgehead atoms. The number of hydrogen-bond acceptors (Lipinski definition) is 4. The third-order valence-corrected chi connectivity index (χ3v) is 3.75. The number of rotatable bonds is 3. The molecule has 3 N–H and O–H groups in total. The largest absolute Gasteiger partial charge is 0.399 e. The van der Waals surface area contributed by atoms with Crippen LogP contribution in [0, 0.1) is 0 Å². The van der Waals surface area contributed by atoms with E-state index in [1.54, 1.807) is 0 Å². The van der Waals surface area contributed by atoms with E-state index in [1.807, 2.05) is 0 Å². The van der Waals surface area contributed by atoms with Gasteiger partial charge in [0.1, 0.15) is 0 Å². The predicted octanol–water partition coefficient (Wildman–Crippen LogP) is 2.12. The summed E-state index contributed by atoms with van der Waals surface area (Å²) in [5, 5.41) is 0.354. The van der Waals surface area contributed by atoms with Gasteiger partial charge in [-0.1, -0.05) is 11.6 Å². The van der Waals surface area contributed by atoms with Crippen LogP contribution in [0.5, 0.6) is 0 Å². The SMILES string of the molecule is Nc1ccc(S(=O)(=O)Nc2cncc(Cl)c2)cc1. The molecule has 0 saturated carbocycles. The van der Waals surface area contributed by atoms with Crippen molar-refractivity contribution in [2.75, 3.05) is 10.5 Å². The molecule has 0 aliphatic carbocycles. The lowest BCUT2D eigenvalue weighted by Crippen LogP contribution is -2.13. The maximum absolute atomic E-state index is 12.0. The quantitative estimate of drug-likeness (QED) is 0.845. The number of sulfonamides is 1. The average molecular weight is 284 g/mol. The fourth-order valence-electron chi connectivity index (χ4n) is 1.33. The molecule has 0 spiro atoms. The Bertz CT molecular complexity index is 656. The highest BCUT2D eigenvalue weighted by Crippen LogP contribution is 2.18. The molecule has 0 amide bonds. The Morgan fingerprint density at radius 3 is 2.44 bits per heavy atom. The smallest absolute Gasteiger partial charge is 0.261 e. The number of nitrogens with one attached hydrogen (secondary N) is 1. The van der Waals surface area contributed by atoms with Gasteiger partial charge in [0.2, 0.25) is 0 Å². The number of aromatic nitrogens is 1. The van der Waals surface area contributed by atoms with Gasteiger partial charge in [-0.3, -0.25) is 9.71 Å². The van der Waals surface area contributed by atoms with Crippen LogP contribution in [0.2, 0.25) is 5.02 Å². The van der Waals surface area contributed by atoms with Crippen molar-refractivity contribution in [2.45, 2.75) is 4.90 Å². The molecule has 0 unspecified atom stereocenters. The normalized spacial score (nSPS) is 11.2. The standard InChI is InChI=1S/C11H10ClN3O2S/c12-8-5-10(7-14-6-8)15-18(16,17)11-3-1-9(13)2-4-11/h1-7,15H,13H2. The van der Waals surface area contributed by atoms with Crippen LogP contribution < -0.4 is 10.5 Å². The van der Waals surface area contributed by atoms with Crippen molar-refractivity contribution in [1.82, 2.24) is 4.98 Å². The van der Waals surface area contributed by atoms with Crippen LogP contribution in [0.25, 0.3) is 0 Å². The topological polar surface area (TPSA) is 85.1 Å². The third-order valence-electron chi connectivity index (χ3n) is 2.15. The summed E-state index contributed by atoms with van der Waals surface area (Å²) in [4.78, 5) is 3.92. The van der Waals surface area contributed by atoms with Gasteiger partial charge in [-0.05, 0) is 30.3 Å². The first-order valence-electron chi connectivity index (χ1n) is 4.96. The summed E-state index contributed by atoms with van der Waals surface area (Å²) in [5.74, 6) is 0. The van der Waals surface area contributed by atoms with Gasteiger partial charge in [-0.2, -0.15) is 0 Å². The maximum atomic E-state index is 12.0. The molecule has 0 atom stereocenters. The molecule has 7 heteroatoms. The van der Waals surface area contributed by atoms with E-state index < -0.39 is 10.0 Å². The summed E-state index contributed by atoms with van der Waals surface area (Å²) in [7, 11) is -3.65.